The molecule has 42 heavy (non-hydrogen) atoms. The highest BCUT2D eigenvalue weighted by Gasteiger charge is 2.26. The normalized spacial score (nSPS) is 12.0. The van der Waals surface area contributed by atoms with E-state index in [4.69, 9.17) is 39.2 Å². The zero-order chi connectivity index (χ0) is 30.0. The van der Waals surface area contributed by atoms with Gasteiger partial charge in [0, 0.05) is 17.8 Å². The Morgan fingerprint density at radius 3 is 2.50 bits per heavy atom. The molecule has 0 aliphatic heterocycles. The molecular formula is C29H24Cl3N5O4S. The zero-order valence-electron chi connectivity index (χ0n) is 22.4. The maximum atomic E-state index is 13.6. The highest BCUT2D eigenvalue weighted by Crippen LogP contribution is 2.27. The topological polar surface area (TPSA) is 109 Å². The Morgan fingerprint density at radius 1 is 1.00 bits per heavy atom. The third-order valence-corrected chi connectivity index (χ3v) is 9.12. The molecule has 0 saturated heterocycles. The van der Waals surface area contributed by atoms with Crippen molar-refractivity contribution in [2.45, 2.75) is 31.8 Å². The Kier molecular flexibility index (Phi) is 8.72. The third kappa shape index (κ3) is 6.53. The number of carbonyl (C=O) groups is 1. The second-order valence-corrected chi connectivity index (χ2v) is 12.6. The first-order valence-electron chi connectivity index (χ1n) is 12.6. The Hall–Kier alpha value is -3.67. The molecule has 0 aliphatic rings. The predicted octanol–water partition coefficient (Wildman–Crippen LogP) is 6.66. The van der Waals surface area contributed by atoms with Crippen LogP contribution in [-0.2, 0) is 23.1 Å². The van der Waals surface area contributed by atoms with Crippen LogP contribution < -0.4 is 5.43 Å². The van der Waals surface area contributed by atoms with Crippen LogP contribution >= 0.6 is 34.8 Å². The smallest absolute Gasteiger partial charge is 0.290 e. The molecule has 3 aromatic heterocycles. The number of fused-ring (bicyclic) bond motifs is 1. The van der Waals surface area contributed by atoms with Gasteiger partial charge in [0.1, 0.15) is 22.9 Å². The van der Waals surface area contributed by atoms with Crippen LogP contribution in [0, 0.1) is 13.8 Å². The number of amides is 1. The van der Waals surface area contributed by atoms with Crippen molar-refractivity contribution in [1.82, 2.24) is 19.1 Å². The minimum absolute atomic E-state index is 0.000158. The average Bonchev–Trinajstić information content (AvgIpc) is 3.53. The van der Waals surface area contributed by atoms with E-state index >= 15 is 0 Å². The molecule has 0 radical (unpaired) electrons. The van der Waals surface area contributed by atoms with Gasteiger partial charge < -0.3 is 4.42 Å². The van der Waals surface area contributed by atoms with Crippen molar-refractivity contribution in [2.24, 2.45) is 5.10 Å². The van der Waals surface area contributed by atoms with Crippen molar-refractivity contribution >= 4 is 62.6 Å². The number of hydrogen-bond acceptors (Lipinski definition) is 6. The van der Waals surface area contributed by atoms with Gasteiger partial charge >= 0.3 is 0 Å². The second kappa shape index (κ2) is 12.3. The van der Waals surface area contributed by atoms with Gasteiger partial charge in [-0.25, -0.2) is 18.8 Å². The number of nitrogens with zero attached hydrogens (tertiary/aromatic N) is 4. The number of benzene rings is 2. The largest absolute Gasteiger partial charge is 0.459 e. The number of carbonyl (C=O) groups excluding carboxylic acids is 1. The van der Waals surface area contributed by atoms with E-state index in [2.05, 4.69) is 15.5 Å². The van der Waals surface area contributed by atoms with E-state index in [-0.39, 0.29) is 18.0 Å². The molecule has 0 spiro atoms. The quantitative estimate of drug-likeness (QED) is 0.143. The van der Waals surface area contributed by atoms with Crippen molar-refractivity contribution < 1.29 is 17.6 Å². The van der Waals surface area contributed by atoms with Crippen LogP contribution in [0.3, 0.4) is 0 Å². The molecule has 0 fully saturated rings. The number of pyridine rings is 1. The lowest BCUT2D eigenvalue weighted by Crippen LogP contribution is -2.30. The summed E-state index contributed by atoms with van der Waals surface area (Å²) < 4.78 is 36.0. The first-order chi connectivity index (χ1) is 20.0. The van der Waals surface area contributed by atoms with Crippen LogP contribution in [0.1, 0.15) is 38.8 Å². The molecule has 1 N–H and O–H groups in total. The van der Waals surface area contributed by atoms with Crippen molar-refractivity contribution in [1.29, 1.82) is 0 Å². The molecule has 0 bridgehead atoms. The minimum Gasteiger partial charge on any atom is -0.459 e. The number of hydrazone groups is 1. The summed E-state index contributed by atoms with van der Waals surface area (Å²) in [5.41, 5.74) is 5.71. The van der Waals surface area contributed by atoms with Crippen LogP contribution in [0.4, 0.5) is 0 Å². The van der Waals surface area contributed by atoms with E-state index in [1.165, 1.54) is 34.8 Å². The molecule has 0 atom stereocenters. The lowest BCUT2D eigenvalue weighted by molar-refractivity contribution is 0.0948. The van der Waals surface area contributed by atoms with Gasteiger partial charge in [0.05, 0.1) is 33.4 Å². The third-order valence-electron chi connectivity index (χ3n) is 6.32. The molecule has 9 nitrogen and oxygen atoms in total. The highest BCUT2D eigenvalue weighted by atomic mass is 35.5. The van der Waals surface area contributed by atoms with Gasteiger partial charge in [0.15, 0.2) is 0 Å². The van der Waals surface area contributed by atoms with Gasteiger partial charge in [-0.1, -0.05) is 46.9 Å². The fraction of sp³-hybridized carbons (Fsp3) is 0.138. The number of hydrogen-bond donors (Lipinski definition) is 1. The number of rotatable bonds is 9. The molecule has 5 rings (SSSR count). The minimum atomic E-state index is -3.97. The summed E-state index contributed by atoms with van der Waals surface area (Å²) in [7, 11) is -3.97. The first kappa shape index (κ1) is 29.8. The van der Waals surface area contributed by atoms with Crippen molar-refractivity contribution in [3.05, 3.63) is 122 Å². The lowest BCUT2D eigenvalue weighted by atomic mass is 10.2. The van der Waals surface area contributed by atoms with Gasteiger partial charge in [-0.2, -0.15) is 9.41 Å². The van der Waals surface area contributed by atoms with Gasteiger partial charge in [0.2, 0.25) is 10.0 Å². The van der Waals surface area contributed by atoms with Crippen LogP contribution in [0.2, 0.25) is 15.1 Å². The number of furan rings is 1. The summed E-state index contributed by atoms with van der Waals surface area (Å²) in [6, 6.07) is 17.8. The summed E-state index contributed by atoms with van der Waals surface area (Å²) in [6.07, 6.45) is 3.16. The fourth-order valence-corrected chi connectivity index (χ4v) is 6.14. The highest BCUT2D eigenvalue weighted by molar-refractivity contribution is 7.89. The molecule has 0 saturated carbocycles. The number of halogens is 3. The maximum absolute atomic E-state index is 13.6. The van der Waals surface area contributed by atoms with Gasteiger partial charge in [0.25, 0.3) is 5.91 Å². The predicted molar refractivity (Wildman–Crippen MR) is 163 cm³/mol. The summed E-state index contributed by atoms with van der Waals surface area (Å²) >= 11 is 18.2. The lowest BCUT2D eigenvalue weighted by Gasteiger charge is -2.22. The molecular weight excluding hydrogens is 621 g/mol. The van der Waals surface area contributed by atoms with Crippen LogP contribution in [0.5, 0.6) is 0 Å². The molecule has 216 valence electrons. The Morgan fingerprint density at radius 2 is 1.76 bits per heavy atom. The van der Waals surface area contributed by atoms with Crippen LogP contribution in [0.25, 0.3) is 5.65 Å². The Labute approximate surface area is 257 Å². The van der Waals surface area contributed by atoms with E-state index in [9.17, 15) is 13.2 Å². The first-order valence-corrected chi connectivity index (χ1v) is 15.2. The molecule has 5 aromatic rings. The van der Waals surface area contributed by atoms with E-state index in [1.807, 2.05) is 25.3 Å². The second-order valence-electron chi connectivity index (χ2n) is 9.46. The number of aryl methyl sites for hydroxylation is 2. The maximum Gasteiger partial charge on any atom is 0.290 e. The molecule has 3 heterocycles. The number of imidazole rings is 1. The fourth-order valence-electron chi connectivity index (χ4n) is 4.30. The van der Waals surface area contributed by atoms with E-state index < -0.39 is 15.9 Å². The SMILES string of the molecule is Cc1ccc2nc(C)c(C(=O)N/N=C/c3ccc(CN(Cc4ccc(Cl)c(Cl)c4)S(=O)(=O)c4ccc(Cl)cc4)o3)n2c1. The average molecular weight is 645 g/mol. The van der Waals surface area contributed by atoms with Gasteiger partial charge in [-0.15, -0.1) is 0 Å². The summed E-state index contributed by atoms with van der Waals surface area (Å²) in [5, 5.41) is 5.11. The van der Waals surface area contributed by atoms with E-state index in [1.54, 1.807) is 41.7 Å². The van der Waals surface area contributed by atoms with Crippen LogP contribution in [0.15, 0.2) is 87.3 Å². The van der Waals surface area contributed by atoms with Crippen LogP contribution in [-0.4, -0.2) is 34.2 Å². The summed E-state index contributed by atoms with van der Waals surface area (Å²) in [4.78, 5) is 17.3. The molecule has 13 heteroatoms. The monoisotopic (exact) mass is 643 g/mol. The number of nitrogens with one attached hydrogen (secondary N) is 1. The number of sulfonamides is 1. The summed E-state index contributed by atoms with van der Waals surface area (Å²) in [6.45, 7) is 3.59. The molecule has 0 unspecified atom stereocenters. The van der Waals surface area contributed by atoms with Gasteiger partial charge in [-0.3, -0.25) is 9.20 Å². The van der Waals surface area contributed by atoms with Gasteiger partial charge in [-0.05, 0) is 79.6 Å². The molecule has 2 aromatic carbocycles. The molecule has 0 aliphatic carbocycles. The number of aromatic nitrogens is 2. The van der Waals surface area contributed by atoms with E-state index in [0.717, 1.165) is 5.56 Å². The van der Waals surface area contributed by atoms with Crippen molar-refractivity contribution in [3.8, 4) is 0 Å². The standard InChI is InChI=1S/C29H24Cl3N5O4S/c1-18-3-12-27-34-19(2)28(37(27)15-18)29(38)35-33-14-22-7-8-23(41-22)17-36(16-20-4-11-25(31)26(32)13-20)42(39,40)24-9-5-21(30)6-10-24/h3-15H,16-17H2,1-2H3,(H,35,38)/b33-14+. The van der Waals surface area contributed by atoms with Crippen molar-refractivity contribution in [3.63, 3.8) is 0 Å². The van der Waals surface area contributed by atoms with E-state index in [0.29, 0.717) is 49.2 Å². The summed E-state index contributed by atoms with van der Waals surface area (Å²) in [5.74, 6) is 0.235. The Bertz CT molecular complexity index is 1920. The Balaban J connectivity index is 1.34. The van der Waals surface area contributed by atoms with Crippen molar-refractivity contribution in [2.75, 3.05) is 0 Å². The zero-order valence-corrected chi connectivity index (χ0v) is 25.5. The molecule has 1 amide bonds.